The van der Waals surface area contributed by atoms with E-state index in [-0.39, 0.29) is 12.8 Å². The number of hydrogen-bond acceptors (Lipinski definition) is 7. The average molecular weight is 278 g/mol. The molecule has 0 saturated carbocycles. The number of rotatable bonds is 2. The van der Waals surface area contributed by atoms with Crippen molar-refractivity contribution in [3.8, 4) is 0 Å². The minimum Gasteiger partial charge on any atom is -0.390 e. The number of ether oxygens (including phenoxy) is 3. The van der Waals surface area contributed by atoms with Gasteiger partial charge in [-0.2, -0.15) is 0 Å². The Morgan fingerprint density at radius 1 is 0.789 bits per heavy atom. The SMILES string of the molecule is CC1OC(OC2CC(O)C(O)C(C)O2)CC(O)C1O. The van der Waals surface area contributed by atoms with Crippen molar-refractivity contribution in [2.75, 3.05) is 0 Å². The van der Waals surface area contributed by atoms with Crippen LogP contribution < -0.4 is 0 Å². The van der Waals surface area contributed by atoms with Crippen LogP contribution in [0.3, 0.4) is 0 Å². The van der Waals surface area contributed by atoms with E-state index in [1.165, 1.54) is 0 Å². The zero-order chi connectivity index (χ0) is 14.2. The summed E-state index contributed by atoms with van der Waals surface area (Å²) in [6, 6.07) is 0. The zero-order valence-corrected chi connectivity index (χ0v) is 11.0. The fourth-order valence-electron chi connectivity index (χ4n) is 2.39. The van der Waals surface area contributed by atoms with E-state index in [9.17, 15) is 20.4 Å². The van der Waals surface area contributed by atoms with Crippen molar-refractivity contribution in [1.29, 1.82) is 0 Å². The first-order valence-electron chi connectivity index (χ1n) is 6.57. The van der Waals surface area contributed by atoms with Gasteiger partial charge in [-0.05, 0) is 13.8 Å². The van der Waals surface area contributed by atoms with Gasteiger partial charge in [-0.15, -0.1) is 0 Å². The molecule has 0 aromatic carbocycles. The van der Waals surface area contributed by atoms with Crippen molar-refractivity contribution in [3.63, 3.8) is 0 Å². The second-order valence-electron chi connectivity index (χ2n) is 5.26. The molecule has 2 aliphatic heterocycles. The highest BCUT2D eigenvalue weighted by molar-refractivity contribution is 4.82. The van der Waals surface area contributed by atoms with Gasteiger partial charge in [-0.1, -0.05) is 0 Å². The highest BCUT2D eigenvalue weighted by Crippen LogP contribution is 2.26. The Hall–Kier alpha value is -0.280. The number of aliphatic hydroxyl groups excluding tert-OH is 4. The van der Waals surface area contributed by atoms with Crippen molar-refractivity contribution in [3.05, 3.63) is 0 Å². The summed E-state index contributed by atoms with van der Waals surface area (Å²) < 4.78 is 16.3. The lowest BCUT2D eigenvalue weighted by atomic mass is 10.0. The molecule has 0 aliphatic carbocycles. The molecule has 0 aromatic rings. The molecule has 4 N–H and O–H groups in total. The molecule has 112 valence electrons. The summed E-state index contributed by atoms with van der Waals surface area (Å²) in [6.45, 7) is 3.29. The van der Waals surface area contributed by atoms with Gasteiger partial charge in [0, 0.05) is 12.8 Å². The van der Waals surface area contributed by atoms with Gasteiger partial charge in [0.05, 0.1) is 24.4 Å². The Bertz CT molecular complexity index is 248. The van der Waals surface area contributed by atoms with Crippen LogP contribution >= 0.6 is 0 Å². The number of hydrogen-bond donors (Lipinski definition) is 4. The average Bonchev–Trinajstić information content (AvgIpc) is 2.33. The van der Waals surface area contributed by atoms with E-state index < -0.39 is 49.2 Å². The molecule has 2 fully saturated rings. The molecule has 0 radical (unpaired) electrons. The first-order valence-corrected chi connectivity index (χ1v) is 6.57. The van der Waals surface area contributed by atoms with Crippen LogP contribution in [0.2, 0.25) is 0 Å². The fourth-order valence-corrected chi connectivity index (χ4v) is 2.39. The maximum absolute atomic E-state index is 9.65. The summed E-state index contributed by atoms with van der Waals surface area (Å²) in [5.41, 5.74) is 0. The molecular weight excluding hydrogens is 256 g/mol. The van der Waals surface area contributed by atoms with E-state index in [0.29, 0.717) is 0 Å². The van der Waals surface area contributed by atoms with Crippen molar-refractivity contribution < 1.29 is 34.6 Å². The molecule has 8 atom stereocenters. The molecule has 2 heterocycles. The molecular formula is C12H22O7. The molecule has 0 aromatic heterocycles. The summed E-state index contributed by atoms with van der Waals surface area (Å²) in [7, 11) is 0. The summed E-state index contributed by atoms with van der Waals surface area (Å²) in [4.78, 5) is 0. The Labute approximate surface area is 111 Å². The van der Waals surface area contributed by atoms with Gasteiger partial charge >= 0.3 is 0 Å². The van der Waals surface area contributed by atoms with Gasteiger partial charge in [0.1, 0.15) is 12.2 Å². The topological polar surface area (TPSA) is 109 Å². The Kier molecular flexibility index (Phi) is 4.78. The van der Waals surface area contributed by atoms with Crippen molar-refractivity contribution >= 4 is 0 Å². The molecule has 8 unspecified atom stereocenters. The second kappa shape index (κ2) is 6.01. The molecule has 0 spiro atoms. The Morgan fingerprint density at radius 3 is 1.47 bits per heavy atom. The highest BCUT2D eigenvalue weighted by atomic mass is 16.8. The van der Waals surface area contributed by atoms with E-state index in [1.807, 2.05) is 0 Å². The van der Waals surface area contributed by atoms with E-state index in [2.05, 4.69) is 0 Å². The van der Waals surface area contributed by atoms with Gasteiger partial charge < -0.3 is 34.6 Å². The van der Waals surface area contributed by atoms with Gasteiger partial charge in [0.15, 0.2) is 12.6 Å². The van der Waals surface area contributed by atoms with Crippen LogP contribution in [0.25, 0.3) is 0 Å². The molecule has 7 nitrogen and oxygen atoms in total. The normalized spacial score (nSPS) is 52.1. The lowest BCUT2D eigenvalue weighted by Gasteiger charge is -2.40. The fraction of sp³-hybridized carbons (Fsp3) is 1.00. The van der Waals surface area contributed by atoms with Gasteiger partial charge in [-0.3, -0.25) is 0 Å². The lowest BCUT2D eigenvalue weighted by Crippen LogP contribution is -2.52. The predicted octanol–water partition coefficient (Wildman–Crippen LogP) is -1.28. The Balaban J connectivity index is 1.88. The molecule has 19 heavy (non-hydrogen) atoms. The monoisotopic (exact) mass is 278 g/mol. The van der Waals surface area contributed by atoms with Crippen molar-refractivity contribution in [1.82, 2.24) is 0 Å². The van der Waals surface area contributed by atoms with E-state index >= 15 is 0 Å². The lowest BCUT2D eigenvalue weighted by molar-refractivity contribution is -0.326. The third-order valence-corrected chi connectivity index (χ3v) is 3.65. The van der Waals surface area contributed by atoms with Crippen LogP contribution in [0.1, 0.15) is 26.7 Å². The first kappa shape index (κ1) is 15.1. The molecule has 2 aliphatic rings. The smallest absolute Gasteiger partial charge is 0.163 e. The zero-order valence-electron chi connectivity index (χ0n) is 11.0. The highest BCUT2D eigenvalue weighted by Gasteiger charge is 2.39. The van der Waals surface area contributed by atoms with Crippen molar-refractivity contribution in [2.45, 2.75) is 75.9 Å². The molecule has 2 rings (SSSR count). The van der Waals surface area contributed by atoms with E-state index in [4.69, 9.17) is 14.2 Å². The van der Waals surface area contributed by atoms with Crippen LogP contribution in [0.4, 0.5) is 0 Å². The van der Waals surface area contributed by atoms with Gasteiger partial charge in [-0.25, -0.2) is 0 Å². The minimum atomic E-state index is -0.932. The second-order valence-corrected chi connectivity index (χ2v) is 5.26. The number of aliphatic hydroxyl groups is 4. The summed E-state index contributed by atoms with van der Waals surface area (Å²) >= 11 is 0. The van der Waals surface area contributed by atoms with E-state index in [1.54, 1.807) is 13.8 Å². The van der Waals surface area contributed by atoms with Crippen LogP contribution in [-0.4, -0.2) is 69.6 Å². The summed E-state index contributed by atoms with van der Waals surface area (Å²) in [5.74, 6) is 0. The van der Waals surface area contributed by atoms with Crippen LogP contribution in [0, 0.1) is 0 Å². The molecule has 2 saturated heterocycles. The largest absolute Gasteiger partial charge is 0.390 e. The molecule has 7 heteroatoms. The Morgan fingerprint density at radius 2 is 1.16 bits per heavy atom. The first-order chi connectivity index (χ1) is 8.88. The quantitative estimate of drug-likeness (QED) is 0.498. The third-order valence-electron chi connectivity index (χ3n) is 3.65. The van der Waals surface area contributed by atoms with Crippen LogP contribution in [0.15, 0.2) is 0 Å². The van der Waals surface area contributed by atoms with Crippen LogP contribution in [0.5, 0.6) is 0 Å². The van der Waals surface area contributed by atoms with E-state index in [0.717, 1.165) is 0 Å². The van der Waals surface area contributed by atoms with Crippen LogP contribution in [-0.2, 0) is 14.2 Å². The summed E-state index contributed by atoms with van der Waals surface area (Å²) in [5, 5.41) is 38.4. The van der Waals surface area contributed by atoms with Gasteiger partial charge in [0.25, 0.3) is 0 Å². The minimum absolute atomic E-state index is 0.137. The molecule has 0 amide bonds. The maximum Gasteiger partial charge on any atom is 0.163 e. The predicted molar refractivity (Wildman–Crippen MR) is 63.0 cm³/mol. The molecule has 0 bridgehead atoms. The standard InChI is InChI=1S/C12H22O7/c1-5-11(15)7(13)3-9(17-5)19-10-4-8(14)12(16)6(2)18-10/h5-16H,3-4H2,1-2H3. The third kappa shape index (κ3) is 3.43. The van der Waals surface area contributed by atoms with Gasteiger partial charge in [0.2, 0.25) is 0 Å². The van der Waals surface area contributed by atoms with Crippen molar-refractivity contribution in [2.24, 2.45) is 0 Å². The summed E-state index contributed by atoms with van der Waals surface area (Å²) in [6.07, 6.45) is -5.89. The maximum atomic E-state index is 9.65.